The van der Waals surface area contributed by atoms with E-state index in [9.17, 15) is 10.4 Å². The van der Waals surface area contributed by atoms with E-state index in [-0.39, 0.29) is 0 Å². The minimum atomic E-state index is -0.850. The van der Waals surface area contributed by atoms with E-state index in [1.807, 2.05) is 0 Å². The number of hydrogen-bond acceptors (Lipinski definition) is 2. The molecule has 0 amide bonds. The molecule has 1 fully saturated rings. The number of hydrogen-bond donors (Lipinski definition) is 1. The van der Waals surface area contributed by atoms with Crippen LogP contribution in [0.25, 0.3) is 0 Å². The first kappa shape index (κ1) is 13.7. The molecule has 1 aromatic carbocycles. The van der Waals surface area contributed by atoms with Gasteiger partial charge in [0, 0.05) is 15.6 Å². The summed E-state index contributed by atoms with van der Waals surface area (Å²) >= 11 is 11.9. The molecule has 0 spiro atoms. The maximum absolute atomic E-state index is 10.5. The molecule has 0 aromatic heterocycles. The number of aliphatic hydroxyl groups is 1. The molecule has 2 rings (SSSR count). The van der Waals surface area contributed by atoms with Crippen molar-refractivity contribution in [1.82, 2.24) is 0 Å². The summed E-state index contributed by atoms with van der Waals surface area (Å²) in [6.07, 6.45) is 1.54. The van der Waals surface area contributed by atoms with Crippen molar-refractivity contribution in [2.75, 3.05) is 0 Å². The lowest BCUT2D eigenvalue weighted by atomic mass is 9.78. The van der Waals surface area contributed by atoms with Crippen molar-refractivity contribution in [2.24, 2.45) is 11.3 Å². The van der Waals surface area contributed by atoms with Gasteiger partial charge < -0.3 is 5.11 Å². The first-order chi connectivity index (χ1) is 8.48. The van der Waals surface area contributed by atoms with Gasteiger partial charge in [-0.15, -0.1) is 0 Å². The molecule has 4 heteroatoms. The van der Waals surface area contributed by atoms with E-state index in [2.05, 4.69) is 13.0 Å². The first-order valence-corrected chi connectivity index (χ1v) is 6.78. The summed E-state index contributed by atoms with van der Waals surface area (Å²) in [5.74, 6) is 0.463. The Morgan fingerprint density at radius 2 is 2.22 bits per heavy atom. The Hall–Kier alpha value is -0.750. The topological polar surface area (TPSA) is 44.0 Å². The zero-order valence-corrected chi connectivity index (χ0v) is 11.7. The Kier molecular flexibility index (Phi) is 3.87. The van der Waals surface area contributed by atoms with Gasteiger partial charge in [0.25, 0.3) is 0 Å². The molecule has 0 heterocycles. The predicted octanol–water partition coefficient (Wildman–Crippen LogP) is 4.36. The predicted molar refractivity (Wildman–Crippen MR) is 72.5 cm³/mol. The van der Waals surface area contributed by atoms with Crippen LogP contribution in [0, 0.1) is 22.7 Å². The Balaban J connectivity index is 2.36. The Morgan fingerprint density at radius 1 is 1.50 bits per heavy atom. The molecular weight excluding hydrogens is 269 g/mol. The van der Waals surface area contributed by atoms with E-state index in [1.54, 1.807) is 18.2 Å². The van der Waals surface area contributed by atoms with Crippen LogP contribution in [0.5, 0.6) is 0 Å². The van der Waals surface area contributed by atoms with Crippen LogP contribution in [0.1, 0.15) is 37.9 Å². The van der Waals surface area contributed by atoms with Crippen LogP contribution in [0.3, 0.4) is 0 Å². The summed E-state index contributed by atoms with van der Waals surface area (Å²) in [6, 6.07) is 7.30. The Labute approximate surface area is 117 Å². The van der Waals surface area contributed by atoms with E-state index in [4.69, 9.17) is 23.2 Å². The number of benzene rings is 1. The summed E-state index contributed by atoms with van der Waals surface area (Å²) in [5.41, 5.74) is -0.117. The molecule has 18 heavy (non-hydrogen) atoms. The molecule has 2 nitrogen and oxygen atoms in total. The van der Waals surface area contributed by atoms with Crippen molar-refractivity contribution < 1.29 is 5.11 Å². The third kappa shape index (κ3) is 2.36. The second-order valence-corrected chi connectivity index (χ2v) is 6.03. The summed E-state index contributed by atoms with van der Waals surface area (Å²) in [6.45, 7) is 2.11. The van der Waals surface area contributed by atoms with Gasteiger partial charge in [-0.3, -0.25) is 0 Å². The van der Waals surface area contributed by atoms with Crippen LogP contribution in [0.15, 0.2) is 18.2 Å². The first-order valence-electron chi connectivity index (χ1n) is 6.03. The maximum atomic E-state index is 10.5. The van der Waals surface area contributed by atoms with Crippen molar-refractivity contribution in [1.29, 1.82) is 5.26 Å². The van der Waals surface area contributed by atoms with Crippen LogP contribution in [0.2, 0.25) is 10.0 Å². The quantitative estimate of drug-likeness (QED) is 0.877. The lowest BCUT2D eigenvalue weighted by Gasteiger charge is -2.28. The number of nitriles is 1. The average Bonchev–Trinajstić information content (AvgIpc) is 2.71. The third-order valence-electron chi connectivity index (χ3n) is 3.80. The zero-order valence-electron chi connectivity index (χ0n) is 10.2. The maximum Gasteiger partial charge on any atom is 0.0990 e. The van der Waals surface area contributed by atoms with Gasteiger partial charge in [0.05, 0.1) is 17.6 Å². The standard InChI is InChI=1S/C14H15Cl2NO/c1-9-4-5-14(7-9,8-17)13(18)11-3-2-10(15)6-12(11)16/h2-3,6,9,13,18H,4-5,7H2,1H3. The fraction of sp³-hybridized carbons (Fsp3) is 0.500. The van der Waals surface area contributed by atoms with Gasteiger partial charge in [-0.2, -0.15) is 5.26 Å². The molecular formula is C14H15Cl2NO. The van der Waals surface area contributed by atoms with Crippen LogP contribution < -0.4 is 0 Å². The number of nitrogens with zero attached hydrogens (tertiary/aromatic N) is 1. The smallest absolute Gasteiger partial charge is 0.0990 e. The van der Waals surface area contributed by atoms with E-state index >= 15 is 0 Å². The summed E-state index contributed by atoms with van der Waals surface area (Å²) in [4.78, 5) is 0. The molecule has 1 aliphatic rings. The van der Waals surface area contributed by atoms with Crippen LogP contribution in [-0.2, 0) is 0 Å². The van der Waals surface area contributed by atoms with Crippen molar-refractivity contribution in [2.45, 2.75) is 32.3 Å². The van der Waals surface area contributed by atoms with Gasteiger partial charge >= 0.3 is 0 Å². The highest BCUT2D eigenvalue weighted by molar-refractivity contribution is 6.35. The fourth-order valence-corrected chi connectivity index (χ4v) is 3.27. The Morgan fingerprint density at radius 3 is 2.72 bits per heavy atom. The number of halogens is 2. The van der Waals surface area contributed by atoms with E-state index in [0.29, 0.717) is 34.4 Å². The largest absolute Gasteiger partial charge is 0.387 e. The second-order valence-electron chi connectivity index (χ2n) is 5.18. The molecule has 3 atom stereocenters. The van der Waals surface area contributed by atoms with E-state index < -0.39 is 11.5 Å². The fourth-order valence-electron chi connectivity index (χ4n) is 2.76. The van der Waals surface area contributed by atoms with Crippen molar-refractivity contribution >= 4 is 23.2 Å². The van der Waals surface area contributed by atoms with Crippen LogP contribution >= 0.6 is 23.2 Å². The molecule has 1 aliphatic carbocycles. The molecule has 3 unspecified atom stereocenters. The number of aliphatic hydroxyl groups excluding tert-OH is 1. The molecule has 0 bridgehead atoms. The highest BCUT2D eigenvalue weighted by atomic mass is 35.5. The SMILES string of the molecule is CC1CCC(C#N)(C(O)c2ccc(Cl)cc2Cl)C1. The highest BCUT2D eigenvalue weighted by Gasteiger charge is 2.45. The van der Waals surface area contributed by atoms with Gasteiger partial charge in [-0.1, -0.05) is 36.2 Å². The normalized spacial score (nSPS) is 28.9. The van der Waals surface area contributed by atoms with Gasteiger partial charge in [0.1, 0.15) is 0 Å². The minimum absolute atomic E-state index is 0.421. The van der Waals surface area contributed by atoms with Gasteiger partial charge in [0.15, 0.2) is 0 Å². The Bertz CT molecular complexity index is 497. The summed E-state index contributed by atoms with van der Waals surface area (Å²) in [5, 5.41) is 20.9. The summed E-state index contributed by atoms with van der Waals surface area (Å²) < 4.78 is 0. The van der Waals surface area contributed by atoms with E-state index in [1.165, 1.54) is 0 Å². The van der Waals surface area contributed by atoms with Gasteiger partial charge in [-0.25, -0.2) is 0 Å². The average molecular weight is 284 g/mol. The van der Waals surface area contributed by atoms with E-state index in [0.717, 1.165) is 6.42 Å². The van der Waals surface area contributed by atoms with Crippen molar-refractivity contribution in [3.63, 3.8) is 0 Å². The molecule has 0 radical (unpaired) electrons. The lowest BCUT2D eigenvalue weighted by molar-refractivity contribution is 0.0648. The minimum Gasteiger partial charge on any atom is -0.387 e. The molecule has 1 aromatic rings. The van der Waals surface area contributed by atoms with Crippen molar-refractivity contribution in [3.8, 4) is 6.07 Å². The second kappa shape index (κ2) is 5.09. The van der Waals surface area contributed by atoms with Crippen molar-refractivity contribution in [3.05, 3.63) is 33.8 Å². The lowest BCUT2D eigenvalue weighted by Crippen LogP contribution is -2.24. The highest BCUT2D eigenvalue weighted by Crippen LogP contribution is 2.50. The monoisotopic (exact) mass is 283 g/mol. The molecule has 0 saturated heterocycles. The van der Waals surface area contributed by atoms with Crippen LogP contribution in [-0.4, -0.2) is 5.11 Å². The molecule has 96 valence electrons. The molecule has 1 N–H and O–H groups in total. The van der Waals surface area contributed by atoms with Crippen LogP contribution in [0.4, 0.5) is 0 Å². The third-order valence-corrected chi connectivity index (χ3v) is 4.36. The van der Waals surface area contributed by atoms with Gasteiger partial charge in [0.2, 0.25) is 0 Å². The molecule has 0 aliphatic heterocycles. The number of rotatable bonds is 2. The van der Waals surface area contributed by atoms with Gasteiger partial charge in [-0.05, 0) is 37.3 Å². The molecule has 1 saturated carbocycles. The zero-order chi connectivity index (χ0) is 13.3. The summed E-state index contributed by atoms with van der Waals surface area (Å²) in [7, 11) is 0.